The summed E-state index contributed by atoms with van der Waals surface area (Å²) in [6.07, 6.45) is 1.60. The number of aliphatic hydroxyl groups is 2. The Kier molecular flexibility index (Phi) is 8.75. The van der Waals surface area contributed by atoms with E-state index in [1.54, 1.807) is 36.3 Å². The molecule has 10 nitrogen and oxygen atoms in total. The molecular weight excluding hydrogens is 502 g/mol. The maximum atomic E-state index is 13.3. The molecule has 39 heavy (non-hydrogen) atoms. The average Bonchev–Trinajstić information content (AvgIpc) is 3.36. The summed E-state index contributed by atoms with van der Waals surface area (Å²) in [7, 11) is 1.57. The zero-order valence-corrected chi connectivity index (χ0v) is 23.4. The SMILES string of the molecule is COc1ccc(NC(=O)O[C@@H]2CC[C@@]3(C)C(CC(=O)N4CC[C@H](NC(C)=O)C4)[C@H](O)CCC3[C@]2(C)CO)cc1. The fraction of sp³-hybridized carbons (Fsp3) is 0.690. The third kappa shape index (κ3) is 6.01. The highest BCUT2D eigenvalue weighted by atomic mass is 16.6. The summed E-state index contributed by atoms with van der Waals surface area (Å²) in [5.74, 6) is 0.236. The fourth-order valence-corrected chi connectivity index (χ4v) is 7.44. The van der Waals surface area contributed by atoms with Gasteiger partial charge in [0.05, 0.1) is 19.8 Å². The van der Waals surface area contributed by atoms with Crippen molar-refractivity contribution in [1.29, 1.82) is 0 Å². The first kappa shape index (κ1) is 29.1. The van der Waals surface area contributed by atoms with Crippen LogP contribution in [0.5, 0.6) is 5.75 Å². The minimum atomic E-state index is -0.726. The van der Waals surface area contributed by atoms with Gasteiger partial charge in [-0.1, -0.05) is 13.8 Å². The van der Waals surface area contributed by atoms with Crippen LogP contribution in [0.3, 0.4) is 0 Å². The lowest BCUT2D eigenvalue weighted by molar-refractivity contribution is -0.186. The fourth-order valence-electron chi connectivity index (χ4n) is 7.44. The van der Waals surface area contributed by atoms with Gasteiger partial charge in [-0.15, -0.1) is 0 Å². The van der Waals surface area contributed by atoms with Crippen molar-refractivity contribution in [2.24, 2.45) is 22.7 Å². The Morgan fingerprint density at radius 3 is 2.46 bits per heavy atom. The summed E-state index contributed by atoms with van der Waals surface area (Å²) >= 11 is 0. The maximum absolute atomic E-state index is 13.3. The van der Waals surface area contributed by atoms with Gasteiger partial charge in [0.15, 0.2) is 0 Å². The molecule has 0 spiro atoms. The molecule has 216 valence electrons. The second-order valence-corrected chi connectivity index (χ2v) is 12.0. The van der Waals surface area contributed by atoms with Crippen LogP contribution in [0.25, 0.3) is 0 Å². The maximum Gasteiger partial charge on any atom is 0.411 e. The van der Waals surface area contributed by atoms with E-state index in [4.69, 9.17) is 9.47 Å². The Labute approximate surface area is 230 Å². The Morgan fingerprint density at radius 2 is 1.82 bits per heavy atom. The highest BCUT2D eigenvalue weighted by molar-refractivity contribution is 5.84. The molecular formula is C29H43N3O7. The van der Waals surface area contributed by atoms with Crippen LogP contribution in [-0.4, -0.2) is 78.1 Å². The third-order valence-corrected chi connectivity index (χ3v) is 9.60. The lowest BCUT2D eigenvalue weighted by atomic mass is 9.46. The molecule has 0 radical (unpaired) electrons. The molecule has 4 rings (SSSR count). The van der Waals surface area contributed by atoms with E-state index in [-0.39, 0.29) is 42.7 Å². The molecule has 2 aliphatic carbocycles. The first-order valence-corrected chi connectivity index (χ1v) is 14.0. The molecule has 1 heterocycles. The molecule has 0 bridgehead atoms. The van der Waals surface area contributed by atoms with Crippen LogP contribution in [0.1, 0.15) is 59.3 Å². The molecule has 1 aromatic carbocycles. The molecule has 2 unspecified atom stereocenters. The van der Waals surface area contributed by atoms with E-state index >= 15 is 0 Å². The van der Waals surface area contributed by atoms with Crippen molar-refractivity contribution in [3.63, 3.8) is 0 Å². The molecule has 3 fully saturated rings. The van der Waals surface area contributed by atoms with Crippen molar-refractivity contribution in [2.45, 2.75) is 77.5 Å². The van der Waals surface area contributed by atoms with Gasteiger partial charge in [0, 0.05) is 43.6 Å². The smallest absolute Gasteiger partial charge is 0.411 e. The van der Waals surface area contributed by atoms with Crippen molar-refractivity contribution >= 4 is 23.6 Å². The highest BCUT2D eigenvalue weighted by Crippen LogP contribution is 2.61. The monoisotopic (exact) mass is 545 g/mol. The Balaban J connectivity index is 1.44. The number of aliphatic hydroxyl groups excluding tert-OH is 2. The number of hydrogen-bond donors (Lipinski definition) is 4. The Hall–Kier alpha value is -2.85. The molecule has 1 aromatic rings. The minimum absolute atomic E-state index is 0.0169. The van der Waals surface area contributed by atoms with Gasteiger partial charge in [0.25, 0.3) is 0 Å². The van der Waals surface area contributed by atoms with Gasteiger partial charge in [0.2, 0.25) is 11.8 Å². The first-order chi connectivity index (χ1) is 18.5. The largest absolute Gasteiger partial charge is 0.497 e. The molecule has 1 aliphatic heterocycles. The number of carbonyl (C=O) groups is 3. The van der Waals surface area contributed by atoms with Crippen LogP contribution in [0.2, 0.25) is 0 Å². The first-order valence-electron chi connectivity index (χ1n) is 14.0. The normalized spacial score (nSPS) is 34.1. The number of rotatable bonds is 7. The summed E-state index contributed by atoms with van der Waals surface area (Å²) in [6.45, 7) is 6.44. The summed E-state index contributed by atoms with van der Waals surface area (Å²) in [5.41, 5.74) is -0.557. The molecule has 3 aliphatic rings. The summed E-state index contributed by atoms with van der Waals surface area (Å²) in [5, 5.41) is 27.4. The molecule has 7 atom stereocenters. The van der Waals surface area contributed by atoms with E-state index < -0.39 is 29.1 Å². The number of benzene rings is 1. The molecule has 10 heteroatoms. The summed E-state index contributed by atoms with van der Waals surface area (Å²) in [6, 6.07) is 6.91. The van der Waals surface area contributed by atoms with Crippen LogP contribution < -0.4 is 15.4 Å². The van der Waals surface area contributed by atoms with E-state index in [0.29, 0.717) is 50.2 Å². The predicted octanol–water partition coefficient (Wildman–Crippen LogP) is 2.93. The van der Waals surface area contributed by atoms with Gasteiger partial charge in [-0.25, -0.2) is 4.79 Å². The number of fused-ring (bicyclic) bond motifs is 1. The summed E-state index contributed by atoms with van der Waals surface area (Å²) < 4.78 is 11.1. The number of anilines is 1. The molecule has 3 amide bonds. The van der Waals surface area contributed by atoms with Gasteiger partial charge >= 0.3 is 6.09 Å². The number of ether oxygens (including phenoxy) is 2. The number of methoxy groups -OCH3 is 1. The van der Waals surface area contributed by atoms with Gasteiger partial charge in [-0.3, -0.25) is 14.9 Å². The van der Waals surface area contributed by atoms with Gasteiger partial charge in [-0.05, 0) is 73.6 Å². The van der Waals surface area contributed by atoms with E-state index in [2.05, 4.69) is 17.6 Å². The second-order valence-electron chi connectivity index (χ2n) is 12.0. The number of likely N-dealkylation sites (tertiary alicyclic amines) is 1. The van der Waals surface area contributed by atoms with Gasteiger partial charge in [0.1, 0.15) is 11.9 Å². The third-order valence-electron chi connectivity index (χ3n) is 9.60. The topological polar surface area (TPSA) is 137 Å². The van der Waals surface area contributed by atoms with E-state index in [9.17, 15) is 24.6 Å². The van der Waals surface area contributed by atoms with Crippen molar-refractivity contribution in [2.75, 3.05) is 32.1 Å². The Bertz CT molecular complexity index is 1050. The zero-order valence-electron chi connectivity index (χ0n) is 23.4. The van der Waals surface area contributed by atoms with Crippen LogP contribution in [0.15, 0.2) is 24.3 Å². The Morgan fingerprint density at radius 1 is 1.10 bits per heavy atom. The van der Waals surface area contributed by atoms with Gasteiger partial charge < -0.3 is 29.9 Å². The van der Waals surface area contributed by atoms with Crippen LogP contribution in [-0.2, 0) is 14.3 Å². The molecule has 1 saturated heterocycles. The van der Waals surface area contributed by atoms with Crippen molar-refractivity contribution in [1.82, 2.24) is 10.2 Å². The van der Waals surface area contributed by atoms with Crippen LogP contribution in [0.4, 0.5) is 10.5 Å². The van der Waals surface area contributed by atoms with Crippen LogP contribution in [0, 0.1) is 22.7 Å². The minimum Gasteiger partial charge on any atom is -0.497 e. The standard InChI is InChI=1S/C29H43N3O7/c1-18(34)30-20-12-14-32(16-20)26(36)15-22-23(35)9-10-24-28(22,2)13-11-25(29(24,3)17-33)39-27(37)31-19-5-7-21(38-4)8-6-19/h5-8,20,22-25,33,35H,9-17H2,1-4H3,(H,30,34)(H,31,37)/t20-,22?,23+,24?,25+,28-,29-/m0/s1. The predicted molar refractivity (Wildman–Crippen MR) is 145 cm³/mol. The summed E-state index contributed by atoms with van der Waals surface area (Å²) in [4.78, 5) is 39.4. The van der Waals surface area contributed by atoms with Gasteiger partial charge in [-0.2, -0.15) is 0 Å². The number of hydrogen-bond acceptors (Lipinski definition) is 7. The number of amides is 3. The molecule has 4 N–H and O–H groups in total. The average molecular weight is 546 g/mol. The number of nitrogens with zero attached hydrogens (tertiary/aromatic N) is 1. The number of nitrogens with one attached hydrogen (secondary N) is 2. The lowest BCUT2D eigenvalue weighted by Crippen LogP contribution is -2.61. The molecule has 2 saturated carbocycles. The van der Waals surface area contributed by atoms with E-state index in [1.807, 2.05) is 6.92 Å². The lowest BCUT2D eigenvalue weighted by Gasteiger charge is -2.60. The van der Waals surface area contributed by atoms with E-state index in [0.717, 1.165) is 6.42 Å². The van der Waals surface area contributed by atoms with E-state index in [1.165, 1.54) is 6.92 Å². The van der Waals surface area contributed by atoms with Crippen LogP contribution >= 0.6 is 0 Å². The molecule has 0 aromatic heterocycles. The zero-order chi connectivity index (χ0) is 28.4. The highest BCUT2D eigenvalue weighted by Gasteiger charge is 2.60. The number of carbonyl (C=O) groups excluding carboxylic acids is 3. The van der Waals surface area contributed by atoms with Crippen molar-refractivity contribution in [3.05, 3.63) is 24.3 Å². The van der Waals surface area contributed by atoms with Crippen molar-refractivity contribution in [3.8, 4) is 5.75 Å². The second kappa shape index (κ2) is 11.7. The quantitative estimate of drug-likeness (QED) is 0.413. The van der Waals surface area contributed by atoms with Crippen molar-refractivity contribution < 1.29 is 34.1 Å².